The highest BCUT2D eigenvalue weighted by Crippen LogP contribution is 2.24. The minimum Gasteiger partial charge on any atom is -0.396 e. The van der Waals surface area contributed by atoms with Gasteiger partial charge in [0.25, 0.3) is 0 Å². The molecule has 0 radical (unpaired) electrons. The van der Waals surface area contributed by atoms with E-state index >= 15 is 0 Å². The minimum absolute atomic E-state index is 0.200. The van der Waals surface area contributed by atoms with Crippen LogP contribution >= 0.6 is 0 Å². The first kappa shape index (κ1) is 15.7. The fourth-order valence-electron chi connectivity index (χ4n) is 2.13. The zero-order valence-electron chi connectivity index (χ0n) is 12.2. The number of hydrogen-bond acceptors (Lipinski definition) is 3. The lowest BCUT2D eigenvalue weighted by Gasteiger charge is -2.16. The van der Waals surface area contributed by atoms with Gasteiger partial charge in [-0.05, 0) is 52.4 Å². The summed E-state index contributed by atoms with van der Waals surface area (Å²) in [4.78, 5) is 0. The molecule has 0 amide bonds. The summed E-state index contributed by atoms with van der Waals surface area (Å²) in [6.07, 6.45) is 6.76. The number of rotatable bonds is 7. The Kier molecular flexibility index (Phi) is 6.33. The Balaban J connectivity index is 2.18. The predicted octanol–water partition coefficient (Wildman–Crippen LogP) is 3.27. The minimum atomic E-state index is -0.414. The third-order valence-corrected chi connectivity index (χ3v) is 3.38. The second-order valence-electron chi connectivity index (χ2n) is 5.92. The van der Waals surface area contributed by atoms with Crippen molar-refractivity contribution in [1.29, 1.82) is 0 Å². The van der Waals surface area contributed by atoms with Crippen LogP contribution in [0.4, 0.5) is 0 Å². The van der Waals surface area contributed by atoms with Crippen LogP contribution in [0, 0.1) is 5.92 Å². The maximum atomic E-state index is 8.95. The molecule has 1 fully saturated rings. The number of hydrogen-bond donors (Lipinski definition) is 1. The van der Waals surface area contributed by atoms with Gasteiger partial charge in [-0.3, -0.25) is 0 Å². The summed E-state index contributed by atoms with van der Waals surface area (Å²) < 4.78 is 11.3. The van der Waals surface area contributed by atoms with Crippen LogP contribution in [0.3, 0.4) is 0 Å². The predicted molar refractivity (Wildman–Crippen MR) is 73.4 cm³/mol. The Labute approximate surface area is 111 Å². The molecular weight excluding hydrogens is 228 g/mol. The van der Waals surface area contributed by atoms with E-state index in [0.717, 1.165) is 25.7 Å². The molecule has 1 saturated heterocycles. The van der Waals surface area contributed by atoms with E-state index < -0.39 is 5.79 Å². The van der Waals surface area contributed by atoms with Gasteiger partial charge in [0.1, 0.15) is 0 Å². The fraction of sp³-hybridized carbons (Fsp3) is 0.867. The molecule has 0 aromatic carbocycles. The van der Waals surface area contributed by atoms with E-state index in [9.17, 15) is 0 Å². The fourth-order valence-corrected chi connectivity index (χ4v) is 2.13. The van der Waals surface area contributed by atoms with Crippen LogP contribution in [0.15, 0.2) is 11.6 Å². The van der Waals surface area contributed by atoms with Crippen LogP contribution in [0.1, 0.15) is 53.4 Å². The second-order valence-corrected chi connectivity index (χ2v) is 5.92. The summed E-state index contributed by atoms with van der Waals surface area (Å²) in [5, 5.41) is 8.95. The van der Waals surface area contributed by atoms with Crippen molar-refractivity contribution >= 4 is 0 Å². The normalized spacial score (nSPS) is 25.4. The zero-order chi connectivity index (χ0) is 13.6. The molecule has 0 aromatic rings. The van der Waals surface area contributed by atoms with Crippen molar-refractivity contribution in [1.82, 2.24) is 0 Å². The molecule has 18 heavy (non-hydrogen) atoms. The van der Waals surface area contributed by atoms with Gasteiger partial charge in [-0.15, -0.1) is 0 Å². The van der Waals surface area contributed by atoms with E-state index in [1.54, 1.807) is 0 Å². The molecule has 1 aliphatic heterocycles. The monoisotopic (exact) mass is 256 g/mol. The molecule has 1 N–H and O–H groups in total. The Hall–Kier alpha value is -0.380. The molecule has 106 valence electrons. The lowest BCUT2D eigenvalue weighted by molar-refractivity contribution is -0.137. The van der Waals surface area contributed by atoms with E-state index in [1.807, 2.05) is 13.8 Å². The average molecular weight is 256 g/mol. The van der Waals surface area contributed by atoms with Crippen LogP contribution in [-0.4, -0.2) is 30.2 Å². The van der Waals surface area contributed by atoms with Gasteiger partial charge >= 0.3 is 0 Å². The van der Waals surface area contributed by atoms with E-state index in [2.05, 4.69) is 19.9 Å². The molecule has 0 aromatic heterocycles. The van der Waals surface area contributed by atoms with Gasteiger partial charge in [0, 0.05) is 6.61 Å². The summed E-state index contributed by atoms with van der Waals surface area (Å²) in [5.41, 5.74) is 1.41. The van der Waals surface area contributed by atoms with Crippen LogP contribution in [0.25, 0.3) is 0 Å². The van der Waals surface area contributed by atoms with Gasteiger partial charge in [0.2, 0.25) is 0 Å². The van der Waals surface area contributed by atoms with Gasteiger partial charge in [-0.25, -0.2) is 0 Å². The SMILES string of the molecule is CC(=CC[C@H]1COC(C)(C)O1)CCC[C@H](C)CO. The molecule has 0 bridgehead atoms. The highest BCUT2D eigenvalue weighted by atomic mass is 16.7. The molecule has 0 spiro atoms. The topological polar surface area (TPSA) is 38.7 Å². The van der Waals surface area contributed by atoms with Crippen molar-refractivity contribution in [2.24, 2.45) is 5.92 Å². The zero-order valence-corrected chi connectivity index (χ0v) is 12.2. The van der Waals surface area contributed by atoms with Crippen LogP contribution in [-0.2, 0) is 9.47 Å². The molecule has 1 heterocycles. The van der Waals surface area contributed by atoms with Crippen LogP contribution < -0.4 is 0 Å². The lowest BCUT2D eigenvalue weighted by atomic mass is 10.0. The van der Waals surface area contributed by atoms with Crippen molar-refractivity contribution in [2.45, 2.75) is 65.3 Å². The average Bonchev–Trinajstić information content (AvgIpc) is 2.66. The summed E-state index contributed by atoms with van der Waals surface area (Å²) >= 11 is 0. The van der Waals surface area contributed by atoms with Crippen molar-refractivity contribution in [2.75, 3.05) is 13.2 Å². The molecule has 0 unspecified atom stereocenters. The Morgan fingerprint density at radius 1 is 1.50 bits per heavy atom. The standard InChI is InChI=1S/C15H28O3/c1-12(6-5-7-13(2)10-16)8-9-14-11-17-15(3,4)18-14/h8,13-14,16H,5-7,9-11H2,1-4H3/t13-,14-/m0/s1. The molecule has 1 rings (SSSR count). The second kappa shape index (κ2) is 7.27. The third-order valence-electron chi connectivity index (χ3n) is 3.38. The Morgan fingerprint density at radius 3 is 2.78 bits per heavy atom. The first-order valence-electron chi connectivity index (χ1n) is 7.01. The van der Waals surface area contributed by atoms with Crippen molar-refractivity contribution in [3.8, 4) is 0 Å². The summed E-state index contributed by atoms with van der Waals surface area (Å²) in [5.74, 6) is 0.00773. The van der Waals surface area contributed by atoms with Gasteiger partial charge < -0.3 is 14.6 Å². The summed E-state index contributed by atoms with van der Waals surface area (Å²) in [7, 11) is 0. The van der Waals surface area contributed by atoms with Gasteiger partial charge in [0.05, 0.1) is 12.7 Å². The summed E-state index contributed by atoms with van der Waals surface area (Å²) in [6, 6.07) is 0. The van der Waals surface area contributed by atoms with E-state index in [1.165, 1.54) is 5.57 Å². The molecular formula is C15H28O3. The molecule has 0 saturated carbocycles. The molecule has 0 aliphatic carbocycles. The number of allylic oxidation sites excluding steroid dienone is 1. The lowest BCUT2D eigenvalue weighted by Crippen LogP contribution is -2.21. The van der Waals surface area contributed by atoms with Crippen molar-refractivity contribution in [3.05, 3.63) is 11.6 Å². The third kappa shape index (κ3) is 5.98. The van der Waals surface area contributed by atoms with Gasteiger partial charge in [-0.2, -0.15) is 0 Å². The molecule has 1 aliphatic rings. The number of ether oxygens (including phenoxy) is 2. The Bertz CT molecular complexity index is 271. The highest BCUT2D eigenvalue weighted by Gasteiger charge is 2.31. The van der Waals surface area contributed by atoms with Gasteiger partial charge in [-0.1, -0.05) is 18.6 Å². The highest BCUT2D eigenvalue weighted by molar-refractivity contribution is 4.99. The van der Waals surface area contributed by atoms with Gasteiger partial charge in [0.15, 0.2) is 5.79 Å². The van der Waals surface area contributed by atoms with Crippen LogP contribution in [0.2, 0.25) is 0 Å². The molecule has 3 nitrogen and oxygen atoms in total. The van der Waals surface area contributed by atoms with Crippen molar-refractivity contribution in [3.63, 3.8) is 0 Å². The van der Waals surface area contributed by atoms with Crippen LogP contribution in [0.5, 0.6) is 0 Å². The molecule has 3 heteroatoms. The largest absolute Gasteiger partial charge is 0.396 e. The Morgan fingerprint density at radius 2 is 2.22 bits per heavy atom. The van der Waals surface area contributed by atoms with E-state index in [0.29, 0.717) is 19.1 Å². The number of aliphatic hydroxyl groups is 1. The smallest absolute Gasteiger partial charge is 0.163 e. The van der Waals surface area contributed by atoms with E-state index in [4.69, 9.17) is 14.6 Å². The number of aliphatic hydroxyl groups excluding tert-OH is 1. The van der Waals surface area contributed by atoms with Crippen molar-refractivity contribution < 1.29 is 14.6 Å². The molecule has 2 atom stereocenters. The van der Waals surface area contributed by atoms with E-state index in [-0.39, 0.29) is 6.10 Å². The maximum absolute atomic E-state index is 8.95. The maximum Gasteiger partial charge on any atom is 0.163 e. The first-order chi connectivity index (χ1) is 8.43. The summed E-state index contributed by atoms with van der Waals surface area (Å²) in [6.45, 7) is 9.17. The first-order valence-corrected chi connectivity index (χ1v) is 7.01. The quantitative estimate of drug-likeness (QED) is 0.710.